The number of piperazine rings is 1. The van der Waals surface area contributed by atoms with Crippen molar-refractivity contribution in [2.24, 2.45) is 5.41 Å². The van der Waals surface area contributed by atoms with Crippen LogP contribution < -0.4 is 4.90 Å². The Labute approximate surface area is 142 Å². The van der Waals surface area contributed by atoms with Crippen LogP contribution in [0.4, 0.5) is 0 Å². The molecule has 1 aliphatic heterocycles. The number of carbonyl (C=O) groups is 1. The van der Waals surface area contributed by atoms with Crippen molar-refractivity contribution in [2.75, 3.05) is 32.7 Å². The summed E-state index contributed by atoms with van der Waals surface area (Å²) in [5.41, 5.74) is 0.811. The molecule has 1 saturated carbocycles. The lowest BCUT2D eigenvalue weighted by molar-refractivity contribution is -0.903. The van der Waals surface area contributed by atoms with Gasteiger partial charge in [-0.1, -0.05) is 30.3 Å². The second-order valence-electron chi connectivity index (χ2n) is 6.74. The van der Waals surface area contributed by atoms with Crippen LogP contribution in [0.1, 0.15) is 18.9 Å². The van der Waals surface area contributed by atoms with Gasteiger partial charge in [-0.05, 0) is 18.9 Å². The second-order valence-corrected chi connectivity index (χ2v) is 8.23. The zero-order chi connectivity index (χ0) is 15.8. The third-order valence-electron chi connectivity index (χ3n) is 5.10. The van der Waals surface area contributed by atoms with E-state index in [0.29, 0.717) is 6.42 Å². The van der Waals surface area contributed by atoms with Crippen molar-refractivity contribution in [3.05, 3.63) is 35.9 Å². The molecule has 3 rings (SSSR count). The molecule has 22 heavy (non-hydrogen) atoms. The number of nitrogens with one attached hydrogen (secondary N) is 1. The molecule has 5 heteroatoms. The first kappa shape index (κ1) is 16.1. The number of quaternary nitrogens is 1. The summed E-state index contributed by atoms with van der Waals surface area (Å²) in [6.45, 7) is 6.63. The van der Waals surface area contributed by atoms with E-state index >= 15 is 0 Å². The Bertz CT molecular complexity index is 541. The fraction of sp³-hybridized carbons (Fsp3) is 0.588. The van der Waals surface area contributed by atoms with Crippen LogP contribution in [0.25, 0.3) is 0 Å². The summed E-state index contributed by atoms with van der Waals surface area (Å²) in [4.78, 5) is 16.0. The maximum Gasteiger partial charge on any atom is 0.232 e. The molecule has 1 aromatic rings. The van der Waals surface area contributed by atoms with E-state index in [-0.39, 0.29) is 5.91 Å². The minimum absolute atomic E-state index is 0.125. The molecule has 120 valence electrons. The molecule has 1 aliphatic carbocycles. The third kappa shape index (κ3) is 3.12. The highest BCUT2D eigenvalue weighted by molar-refractivity contribution is 6.53. The second kappa shape index (κ2) is 6.03. The van der Waals surface area contributed by atoms with Gasteiger partial charge in [0.1, 0.15) is 4.33 Å². The molecule has 1 aromatic carbocycles. The number of benzene rings is 1. The van der Waals surface area contributed by atoms with Gasteiger partial charge in [-0.3, -0.25) is 4.79 Å². The SMILES string of the molecule is C[C@@]1(C(=O)N2CC[NH+](CCc3ccccc3)CC2)CC1(Cl)Cl. The number of alkyl halides is 2. The first-order chi connectivity index (χ1) is 10.4. The van der Waals surface area contributed by atoms with Crippen LogP contribution in [0.15, 0.2) is 30.3 Å². The third-order valence-corrected chi connectivity index (χ3v) is 6.20. The van der Waals surface area contributed by atoms with Crippen molar-refractivity contribution in [3.8, 4) is 0 Å². The Kier molecular flexibility index (Phi) is 4.41. The van der Waals surface area contributed by atoms with E-state index in [4.69, 9.17) is 23.2 Å². The maximum absolute atomic E-state index is 12.5. The summed E-state index contributed by atoms with van der Waals surface area (Å²) in [6, 6.07) is 10.6. The van der Waals surface area contributed by atoms with Crippen LogP contribution in [0.5, 0.6) is 0 Å². The highest BCUT2D eigenvalue weighted by Crippen LogP contribution is 2.64. The zero-order valence-corrected chi connectivity index (χ0v) is 14.5. The van der Waals surface area contributed by atoms with Gasteiger partial charge in [0.05, 0.1) is 38.1 Å². The first-order valence-corrected chi connectivity index (χ1v) is 8.73. The summed E-state index contributed by atoms with van der Waals surface area (Å²) < 4.78 is -0.860. The lowest BCUT2D eigenvalue weighted by Crippen LogP contribution is -3.15. The van der Waals surface area contributed by atoms with Crippen LogP contribution in [0.3, 0.4) is 0 Å². The maximum atomic E-state index is 12.5. The number of halogens is 2. The van der Waals surface area contributed by atoms with E-state index in [1.807, 2.05) is 17.9 Å². The molecular formula is C17H23Cl2N2O+. The molecule has 1 saturated heterocycles. The average Bonchev–Trinajstić information content (AvgIpc) is 3.06. The minimum atomic E-state index is -0.860. The largest absolute Gasteiger partial charge is 0.332 e. The smallest absolute Gasteiger partial charge is 0.232 e. The molecule has 1 heterocycles. The summed E-state index contributed by atoms with van der Waals surface area (Å²) in [7, 11) is 0. The predicted octanol–water partition coefficient (Wildman–Crippen LogP) is 1.54. The quantitative estimate of drug-likeness (QED) is 0.825. The van der Waals surface area contributed by atoms with Crippen LogP contribution in [0.2, 0.25) is 0 Å². The minimum Gasteiger partial charge on any atom is -0.332 e. The Hall–Kier alpha value is -0.770. The molecule has 1 amide bonds. The van der Waals surface area contributed by atoms with Crippen LogP contribution >= 0.6 is 23.2 Å². The Morgan fingerprint density at radius 3 is 2.36 bits per heavy atom. The number of rotatable bonds is 4. The monoisotopic (exact) mass is 341 g/mol. The van der Waals surface area contributed by atoms with Crippen molar-refractivity contribution in [2.45, 2.75) is 24.1 Å². The standard InChI is InChI=1S/C17H22Cl2N2O/c1-16(13-17(16,18)19)15(22)21-11-9-20(10-12-21)8-7-14-5-3-2-4-6-14/h2-6H,7-13H2,1H3/p+1/t16-/m0/s1. The molecule has 0 radical (unpaired) electrons. The number of hydrogen-bond acceptors (Lipinski definition) is 1. The highest BCUT2D eigenvalue weighted by atomic mass is 35.5. The van der Waals surface area contributed by atoms with Crippen LogP contribution in [-0.4, -0.2) is 47.9 Å². The number of amides is 1. The predicted molar refractivity (Wildman–Crippen MR) is 89.5 cm³/mol. The van der Waals surface area contributed by atoms with Crippen molar-refractivity contribution in [1.29, 1.82) is 0 Å². The van der Waals surface area contributed by atoms with Gasteiger partial charge in [0.15, 0.2) is 0 Å². The summed E-state index contributed by atoms with van der Waals surface area (Å²) in [6.07, 6.45) is 1.66. The van der Waals surface area contributed by atoms with Crippen LogP contribution in [-0.2, 0) is 11.2 Å². The van der Waals surface area contributed by atoms with Gasteiger partial charge in [0, 0.05) is 6.42 Å². The molecule has 0 aromatic heterocycles. The van der Waals surface area contributed by atoms with Gasteiger partial charge in [-0.15, -0.1) is 23.2 Å². The Morgan fingerprint density at radius 2 is 1.82 bits per heavy atom. The van der Waals surface area contributed by atoms with Crippen molar-refractivity contribution < 1.29 is 9.69 Å². The van der Waals surface area contributed by atoms with E-state index < -0.39 is 9.75 Å². The molecule has 1 atom stereocenters. The van der Waals surface area contributed by atoms with Gasteiger partial charge < -0.3 is 9.80 Å². The van der Waals surface area contributed by atoms with Gasteiger partial charge in [-0.25, -0.2) is 0 Å². The summed E-state index contributed by atoms with van der Waals surface area (Å²) in [5.74, 6) is 0.125. The fourth-order valence-electron chi connectivity index (χ4n) is 3.22. The Morgan fingerprint density at radius 1 is 1.23 bits per heavy atom. The summed E-state index contributed by atoms with van der Waals surface area (Å²) >= 11 is 12.2. The lowest BCUT2D eigenvalue weighted by Gasteiger charge is -2.34. The molecule has 2 fully saturated rings. The van der Waals surface area contributed by atoms with Crippen molar-refractivity contribution in [3.63, 3.8) is 0 Å². The number of hydrogen-bond donors (Lipinski definition) is 1. The fourth-order valence-corrected chi connectivity index (χ4v) is 3.92. The van der Waals surface area contributed by atoms with Crippen molar-refractivity contribution >= 4 is 29.1 Å². The molecule has 3 nitrogen and oxygen atoms in total. The van der Waals surface area contributed by atoms with Gasteiger partial charge in [0.2, 0.25) is 5.91 Å². The molecule has 0 spiro atoms. The normalized spacial score (nSPS) is 27.7. The zero-order valence-electron chi connectivity index (χ0n) is 12.9. The van der Waals surface area contributed by atoms with Crippen molar-refractivity contribution in [1.82, 2.24) is 4.90 Å². The van der Waals surface area contributed by atoms with E-state index in [0.717, 1.165) is 39.1 Å². The van der Waals surface area contributed by atoms with E-state index in [9.17, 15) is 4.79 Å². The molecule has 2 aliphatic rings. The number of carbonyl (C=O) groups excluding carboxylic acids is 1. The molecule has 1 N–H and O–H groups in total. The van der Waals surface area contributed by atoms with Gasteiger partial charge in [-0.2, -0.15) is 0 Å². The molecule has 0 bridgehead atoms. The van der Waals surface area contributed by atoms with E-state index in [1.54, 1.807) is 4.90 Å². The van der Waals surface area contributed by atoms with E-state index in [2.05, 4.69) is 24.3 Å². The van der Waals surface area contributed by atoms with E-state index in [1.165, 1.54) is 5.56 Å². The number of nitrogens with zero attached hydrogens (tertiary/aromatic N) is 1. The molecular weight excluding hydrogens is 319 g/mol. The molecule has 0 unspecified atom stereocenters. The lowest BCUT2D eigenvalue weighted by atomic mass is 10.1. The average molecular weight is 342 g/mol. The highest BCUT2D eigenvalue weighted by Gasteiger charge is 2.68. The topological polar surface area (TPSA) is 24.8 Å². The Balaban J connectivity index is 1.46. The van der Waals surface area contributed by atoms with Gasteiger partial charge in [0.25, 0.3) is 0 Å². The first-order valence-electron chi connectivity index (χ1n) is 7.97. The van der Waals surface area contributed by atoms with Crippen LogP contribution in [0, 0.1) is 5.41 Å². The summed E-state index contributed by atoms with van der Waals surface area (Å²) in [5, 5.41) is 0. The van der Waals surface area contributed by atoms with Gasteiger partial charge >= 0.3 is 0 Å².